The first-order valence-corrected chi connectivity index (χ1v) is 9.17. The summed E-state index contributed by atoms with van der Waals surface area (Å²) in [5.74, 6) is 0.240. The van der Waals surface area contributed by atoms with Gasteiger partial charge < -0.3 is 10.2 Å². The highest BCUT2D eigenvalue weighted by Crippen LogP contribution is 2.24. The molecular weight excluding hydrogens is 354 g/mol. The lowest BCUT2D eigenvalue weighted by Gasteiger charge is -2.25. The molecule has 3 heterocycles. The third-order valence-electron chi connectivity index (χ3n) is 4.73. The third-order valence-corrected chi connectivity index (χ3v) is 4.73. The molecule has 1 aliphatic rings. The van der Waals surface area contributed by atoms with Crippen LogP contribution in [0.3, 0.4) is 0 Å². The molecule has 2 aromatic heterocycles. The highest BCUT2D eigenvalue weighted by atomic mass is 16.2. The highest BCUT2D eigenvalue weighted by molar-refractivity contribution is 5.96. The van der Waals surface area contributed by atoms with E-state index in [1.807, 2.05) is 54.8 Å². The van der Waals surface area contributed by atoms with Crippen LogP contribution in [0.25, 0.3) is 17.1 Å². The Morgan fingerprint density at radius 1 is 1.11 bits per heavy atom. The molecule has 1 fully saturated rings. The molecule has 0 aliphatic carbocycles. The number of nitrogens with zero attached hydrogens (tertiary/aromatic N) is 4. The molecule has 7 nitrogen and oxygen atoms in total. The van der Waals surface area contributed by atoms with Crippen molar-refractivity contribution in [3.05, 3.63) is 65.7 Å². The van der Waals surface area contributed by atoms with Gasteiger partial charge in [-0.1, -0.05) is 17.7 Å². The molecule has 7 heteroatoms. The lowest BCUT2D eigenvalue weighted by molar-refractivity contribution is -0.123. The van der Waals surface area contributed by atoms with Crippen molar-refractivity contribution in [2.45, 2.75) is 13.8 Å². The molecule has 1 saturated heterocycles. The van der Waals surface area contributed by atoms with Gasteiger partial charge in [-0.25, -0.2) is 4.98 Å². The number of aryl methyl sites for hydroxylation is 2. The molecule has 4 rings (SSSR count). The van der Waals surface area contributed by atoms with Crippen LogP contribution in [0.15, 0.2) is 48.8 Å². The summed E-state index contributed by atoms with van der Waals surface area (Å²) in [6.07, 6.45) is 3.49. The number of carbonyl (C=O) groups excluding carboxylic acids is 2. The molecule has 1 N–H and O–H groups in total. The lowest BCUT2D eigenvalue weighted by Crippen LogP contribution is -2.50. The van der Waals surface area contributed by atoms with E-state index < -0.39 is 0 Å². The first-order chi connectivity index (χ1) is 13.5. The Morgan fingerprint density at radius 3 is 2.57 bits per heavy atom. The van der Waals surface area contributed by atoms with E-state index in [2.05, 4.69) is 15.3 Å². The van der Waals surface area contributed by atoms with Crippen molar-refractivity contribution in [2.24, 2.45) is 0 Å². The van der Waals surface area contributed by atoms with Crippen LogP contribution >= 0.6 is 0 Å². The molecule has 3 aromatic rings. The van der Waals surface area contributed by atoms with Gasteiger partial charge in [-0.05, 0) is 38.1 Å². The zero-order chi connectivity index (χ0) is 19.7. The minimum atomic E-state index is -0.248. The Kier molecular flexibility index (Phi) is 4.65. The van der Waals surface area contributed by atoms with Crippen LogP contribution in [0.5, 0.6) is 0 Å². The maximum absolute atomic E-state index is 12.9. The van der Waals surface area contributed by atoms with E-state index in [0.717, 1.165) is 22.5 Å². The molecule has 0 saturated carbocycles. The highest BCUT2D eigenvalue weighted by Gasteiger charge is 2.25. The summed E-state index contributed by atoms with van der Waals surface area (Å²) in [5.41, 5.74) is 4.10. The molecular formula is C21H21N5O2. The summed E-state index contributed by atoms with van der Waals surface area (Å²) in [4.78, 5) is 35.1. The molecule has 2 amide bonds. The van der Waals surface area contributed by atoms with E-state index in [1.54, 1.807) is 12.4 Å². The quantitative estimate of drug-likeness (QED) is 0.760. The monoisotopic (exact) mass is 375 g/mol. The minimum Gasteiger partial charge on any atom is -0.353 e. The molecule has 0 unspecified atom stereocenters. The van der Waals surface area contributed by atoms with Crippen molar-refractivity contribution in [1.82, 2.24) is 24.8 Å². The average Bonchev–Trinajstić information content (AvgIpc) is 3.14. The number of imidazole rings is 1. The van der Waals surface area contributed by atoms with E-state index in [-0.39, 0.29) is 18.4 Å². The Labute approximate surface area is 163 Å². The number of pyridine rings is 1. The number of benzene rings is 1. The number of rotatable bonds is 3. The van der Waals surface area contributed by atoms with Crippen molar-refractivity contribution >= 4 is 11.8 Å². The SMILES string of the molecule is Cc1ccc(-n2cc(C(=O)N3CCNC(=O)C3)nc2-c2ccc(C)nc2)cc1. The number of nitrogens with one attached hydrogen (secondary N) is 1. The summed E-state index contributed by atoms with van der Waals surface area (Å²) >= 11 is 0. The van der Waals surface area contributed by atoms with E-state index in [1.165, 1.54) is 4.90 Å². The number of amides is 2. The van der Waals surface area contributed by atoms with Crippen LogP contribution in [0.1, 0.15) is 21.7 Å². The average molecular weight is 375 g/mol. The van der Waals surface area contributed by atoms with Gasteiger partial charge in [0, 0.05) is 42.4 Å². The Bertz CT molecular complexity index is 959. The maximum atomic E-state index is 12.9. The summed E-state index contributed by atoms with van der Waals surface area (Å²) in [6, 6.07) is 11.9. The van der Waals surface area contributed by atoms with E-state index in [9.17, 15) is 9.59 Å². The predicted molar refractivity (Wildman–Crippen MR) is 105 cm³/mol. The van der Waals surface area contributed by atoms with Crippen molar-refractivity contribution in [1.29, 1.82) is 0 Å². The van der Waals surface area contributed by atoms with Crippen LogP contribution in [0, 0.1) is 13.8 Å². The number of carbonyl (C=O) groups is 2. The number of aromatic nitrogens is 3. The second kappa shape index (κ2) is 7.26. The normalized spacial score (nSPS) is 14.1. The van der Waals surface area contributed by atoms with Gasteiger partial charge in [0.25, 0.3) is 5.91 Å². The molecule has 0 bridgehead atoms. The number of hydrogen-bond donors (Lipinski definition) is 1. The summed E-state index contributed by atoms with van der Waals surface area (Å²) in [7, 11) is 0. The summed E-state index contributed by atoms with van der Waals surface area (Å²) in [6.45, 7) is 4.93. The van der Waals surface area contributed by atoms with Crippen molar-refractivity contribution in [3.63, 3.8) is 0 Å². The van der Waals surface area contributed by atoms with Gasteiger partial charge in [-0.15, -0.1) is 0 Å². The van der Waals surface area contributed by atoms with Gasteiger partial charge in [0.15, 0.2) is 0 Å². The van der Waals surface area contributed by atoms with Gasteiger partial charge >= 0.3 is 0 Å². The summed E-state index contributed by atoms with van der Waals surface area (Å²) in [5, 5.41) is 2.73. The molecule has 28 heavy (non-hydrogen) atoms. The molecule has 0 radical (unpaired) electrons. The van der Waals surface area contributed by atoms with Crippen LogP contribution in [0.2, 0.25) is 0 Å². The third kappa shape index (κ3) is 3.51. The molecule has 0 atom stereocenters. The lowest BCUT2D eigenvalue weighted by atomic mass is 10.2. The molecule has 142 valence electrons. The van der Waals surface area contributed by atoms with Gasteiger partial charge in [0.2, 0.25) is 5.91 Å². The fourth-order valence-electron chi connectivity index (χ4n) is 3.16. The van der Waals surface area contributed by atoms with Crippen molar-refractivity contribution in [2.75, 3.05) is 19.6 Å². The molecule has 1 aromatic carbocycles. The Hall–Kier alpha value is -3.48. The van der Waals surface area contributed by atoms with Crippen LogP contribution in [-0.2, 0) is 4.79 Å². The van der Waals surface area contributed by atoms with Crippen LogP contribution in [0.4, 0.5) is 0 Å². The topological polar surface area (TPSA) is 80.1 Å². The predicted octanol–water partition coefficient (Wildman–Crippen LogP) is 2.12. The van der Waals surface area contributed by atoms with Gasteiger partial charge in [0.05, 0.1) is 6.54 Å². The maximum Gasteiger partial charge on any atom is 0.274 e. The van der Waals surface area contributed by atoms with E-state index >= 15 is 0 Å². The largest absolute Gasteiger partial charge is 0.353 e. The van der Waals surface area contributed by atoms with E-state index in [0.29, 0.717) is 24.6 Å². The second-order valence-electron chi connectivity index (χ2n) is 6.92. The van der Waals surface area contributed by atoms with Crippen LogP contribution in [-0.4, -0.2) is 50.9 Å². The molecule has 0 spiro atoms. The minimum absolute atomic E-state index is 0.0532. The first-order valence-electron chi connectivity index (χ1n) is 9.17. The fraction of sp³-hybridized carbons (Fsp3) is 0.238. The first kappa shape index (κ1) is 17.9. The summed E-state index contributed by atoms with van der Waals surface area (Å²) < 4.78 is 1.89. The van der Waals surface area contributed by atoms with E-state index in [4.69, 9.17) is 0 Å². The van der Waals surface area contributed by atoms with Crippen molar-refractivity contribution in [3.8, 4) is 17.1 Å². The zero-order valence-corrected chi connectivity index (χ0v) is 15.8. The number of piperazine rings is 1. The fourth-order valence-corrected chi connectivity index (χ4v) is 3.16. The second-order valence-corrected chi connectivity index (χ2v) is 6.92. The Morgan fingerprint density at radius 2 is 1.89 bits per heavy atom. The van der Waals surface area contributed by atoms with Gasteiger partial charge in [0.1, 0.15) is 11.5 Å². The standard InChI is InChI=1S/C21H21N5O2/c1-14-3-7-17(8-4-14)26-12-18(21(28)25-10-9-22-19(27)13-25)24-20(26)16-6-5-15(2)23-11-16/h3-8,11-12H,9-10,13H2,1-2H3,(H,22,27). The Balaban J connectivity index is 1.77. The van der Waals surface area contributed by atoms with Gasteiger partial charge in [-0.2, -0.15) is 0 Å². The smallest absolute Gasteiger partial charge is 0.274 e. The van der Waals surface area contributed by atoms with Crippen molar-refractivity contribution < 1.29 is 9.59 Å². The van der Waals surface area contributed by atoms with Gasteiger partial charge in [-0.3, -0.25) is 19.1 Å². The molecule has 1 aliphatic heterocycles. The van der Waals surface area contributed by atoms with Crippen LogP contribution < -0.4 is 5.32 Å². The zero-order valence-electron chi connectivity index (χ0n) is 15.8. The number of hydrogen-bond acceptors (Lipinski definition) is 4.